The number of nitrogen functional groups attached to an aromatic ring is 1. The normalized spacial score (nSPS) is 15.4. The summed E-state index contributed by atoms with van der Waals surface area (Å²) in [6.07, 6.45) is -1.51. The maximum Gasteiger partial charge on any atom is 0.401 e. The van der Waals surface area contributed by atoms with E-state index in [0.717, 1.165) is 5.56 Å². The summed E-state index contributed by atoms with van der Waals surface area (Å²) in [6.45, 7) is 2.11. The molecule has 9 nitrogen and oxygen atoms in total. The topological polar surface area (TPSA) is 132 Å². The van der Waals surface area contributed by atoms with Crippen LogP contribution in [0.5, 0.6) is 0 Å². The minimum atomic E-state index is -4.17. The Balaban J connectivity index is 1.50. The third-order valence-electron chi connectivity index (χ3n) is 6.23. The van der Waals surface area contributed by atoms with E-state index in [1.807, 2.05) is 24.3 Å². The van der Waals surface area contributed by atoms with Crippen molar-refractivity contribution >= 4 is 34.4 Å². The predicted molar refractivity (Wildman–Crippen MR) is 127 cm³/mol. The van der Waals surface area contributed by atoms with Crippen molar-refractivity contribution in [3.05, 3.63) is 51.8 Å². The molecule has 1 aromatic carbocycles. The minimum Gasteiger partial charge on any atom is -0.384 e. The van der Waals surface area contributed by atoms with Crippen LogP contribution in [0, 0.1) is 0 Å². The molecule has 0 saturated carbocycles. The number of halogens is 3. The number of likely N-dealkylation sites (tertiary alicyclic amines) is 1. The van der Waals surface area contributed by atoms with E-state index in [1.54, 1.807) is 6.92 Å². The summed E-state index contributed by atoms with van der Waals surface area (Å²) in [4.78, 5) is 34.4. The minimum absolute atomic E-state index is 0.0483. The van der Waals surface area contributed by atoms with Gasteiger partial charge in [-0.05, 0) is 56.5 Å². The van der Waals surface area contributed by atoms with Gasteiger partial charge < -0.3 is 21.4 Å². The molecule has 1 aliphatic rings. The van der Waals surface area contributed by atoms with Crippen molar-refractivity contribution in [2.45, 2.75) is 38.4 Å². The van der Waals surface area contributed by atoms with Crippen LogP contribution >= 0.6 is 0 Å². The molecule has 0 atom stereocenters. The van der Waals surface area contributed by atoms with Crippen molar-refractivity contribution in [2.75, 3.05) is 30.7 Å². The van der Waals surface area contributed by atoms with Crippen molar-refractivity contribution in [3.8, 4) is 0 Å². The lowest BCUT2D eigenvalue weighted by atomic mass is 9.89. The first-order valence-electron chi connectivity index (χ1n) is 11.2. The van der Waals surface area contributed by atoms with Gasteiger partial charge in [0.2, 0.25) is 11.4 Å². The fraction of sp³-hybridized carbons (Fsp3) is 0.391. The number of amides is 1. The summed E-state index contributed by atoms with van der Waals surface area (Å²) >= 11 is 0. The Labute approximate surface area is 198 Å². The summed E-state index contributed by atoms with van der Waals surface area (Å²) in [6, 6.07) is 7.57. The zero-order valence-electron chi connectivity index (χ0n) is 19.1. The number of carbonyl (C=O) groups is 1. The number of anilines is 3. The molecule has 1 fully saturated rings. The van der Waals surface area contributed by atoms with Crippen LogP contribution in [0.4, 0.5) is 30.6 Å². The fourth-order valence-electron chi connectivity index (χ4n) is 4.50. The number of piperidine rings is 1. The number of rotatable bonds is 6. The van der Waals surface area contributed by atoms with Crippen molar-refractivity contribution in [1.29, 1.82) is 0 Å². The first-order chi connectivity index (χ1) is 16.6. The van der Waals surface area contributed by atoms with E-state index in [1.165, 1.54) is 15.7 Å². The molecule has 0 bridgehead atoms. The molecule has 0 aliphatic carbocycles. The fourth-order valence-corrected chi connectivity index (χ4v) is 4.50. The van der Waals surface area contributed by atoms with E-state index in [2.05, 4.69) is 15.3 Å². The molecule has 186 valence electrons. The van der Waals surface area contributed by atoms with Gasteiger partial charge in [0, 0.05) is 18.4 Å². The smallest absolute Gasteiger partial charge is 0.384 e. The predicted octanol–water partition coefficient (Wildman–Crippen LogP) is 2.98. The lowest BCUT2D eigenvalue weighted by Gasteiger charge is -2.32. The number of pyridine rings is 1. The number of primary amides is 1. The summed E-state index contributed by atoms with van der Waals surface area (Å²) in [5.41, 5.74) is 12.5. The molecule has 0 spiro atoms. The average Bonchev–Trinajstić information content (AvgIpc) is 2.79. The summed E-state index contributed by atoms with van der Waals surface area (Å²) in [5.74, 6) is -0.525. The van der Waals surface area contributed by atoms with Crippen molar-refractivity contribution in [3.63, 3.8) is 0 Å². The second kappa shape index (κ2) is 9.53. The van der Waals surface area contributed by atoms with E-state index < -0.39 is 24.1 Å². The number of fused-ring (bicyclic) bond motifs is 1. The molecule has 35 heavy (non-hydrogen) atoms. The van der Waals surface area contributed by atoms with E-state index in [-0.39, 0.29) is 34.3 Å². The van der Waals surface area contributed by atoms with Crippen molar-refractivity contribution in [2.24, 2.45) is 5.73 Å². The molecule has 4 rings (SSSR count). The number of hydrogen-bond donors (Lipinski definition) is 3. The molecule has 1 saturated heterocycles. The standard InChI is InChI=1S/C23H26F3N7O2/c1-2-33-19(27)17(20(28)35)18(34)16-11-29-22(31-21(16)33)30-15-5-3-13(4-6-15)14-7-9-32(10-8-14)12-23(24,25)26/h3-6,11,14H,2,7-10,12,27H2,1H3,(H2,28,35)(H,29,30,31). The summed E-state index contributed by atoms with van der Waals surface area (Å²) in [7, 11) is 0. The highest BCUT2D eigenvalue weighted by Gasteiger charge is 2.32. The second-order valence-electron chi connectivity index (χ2n) is 8.54. The van der Waals surface area contributed by atoms with Gasteiger partial charge in [-0.25, -0.2) is 4.98 Å². The van der Waals surface area contributed by atoms with Crippen LogP contribution in [-0.2, 0) is 6.54 Å². The Morgan fingerprint density at radius 3 is 2.43 bits per heavy atom. The number of alkyl halides is 3. The number of aryl methyl sites for hydroxylation is 1. The largest absolute Gasteiger partial charge is 0.401 e. The van der Waals surface area contributed by atoms with Crippen LogP contribution in [0.15, 0.2) is 35.3 Å². The monoisotopic (exact) mass is 489 g/mol. The number of hydrogen-bond acceptors (Lipinski definition) is 7. The van der Waals surface area contributed by atoms with Crippen LogP contribution in [0.25, 0.3) is 11.0 Å². The van der Waals surface area contributed by atoms with Crippen LogP contribution in [0.2, 0.25) is 0 Å². The Kier molecular flexibility index (Phi) is 6.66. The van der Waals surface area contributed by atoms with Crippen molar-refractivity contribution < 1.29 is 18.0 Å². The Morgan fingerprint density at radius 1 is 1.20 bits per heavy atom. The molecule has 0 radical (unpaired) electrons. The highest BCUT2D eigenvalue weighted by molar-refractivity contribution is 6.00. The third-order valence-corrected chi connectivity index (χ3v) is 6.23. The zero-order valence-corrected chi connectivity index (χ0v) is 19.1. The average molecular weight is 490 g/mol. The molecule has 5 N–H and O–H groups in total. The molecular weight excluding hydrogens is 463 g/mol. The van der Waals surface area contributed by atoms with E-state index in [0.29, 0.717) is 38.2 Å². The number of benzene rings is 1. The van der Waals surface area contributed by atoms with Gasteiger partial charge in [-0.3, -0.25) is 14.5 Å². The number of nitrogens with one attached hydrogen (secondary N) is 1. The maximum absolute atomic E-state index is 12.7. The van der Waals surface area contributed by atoms with Crippen LogP contribution in [0.1, 0.15) is 41.6 Å². The van der Waals surface area contributed by atoms with E-state index in [4.69, 9.17) is 11.5 Å². The molecule has 0 unspecified atom stereocenters. The highest BCUT2D eigenvalue weighted by Crippen LogP contribution is 2.30. The number of aromatic nitrogens is 3. The molecule has 1 aliphatic heterocycles. The number of nitrogens with two attached hydrogens (primary N) is 2. The summed E-state index contributed by atoms with van der Waals surface area (Å²) < 4.78 is 39.3. The van der Waals surface area contributed by atoms with E-state index in [9.17, 15) is 22.8 Å². The number of carbonyl (C=O) groups excluding carboxylic acids is 1. The molecule has 12 heteroatoms. The highest BCUT2D eigenvalue weighted by atomic mass is 19.4. The van der Waals surface area contributed by atoms with Crippen LogP contribution in [-0.4, -0.2) is 51.2 Å². The molecule has 1 amide bonds. The lowest BCUT2D eigenvalue weighted by Crippen LogP contribution is -2.39. The van der Waals surface area contributed by atoms with Crippen molar-refractivity contribution in [1.82, 2.24) is 19.4 Å². The van der Waals surface area contributed by atoms with Gasteiger partial charge in [-0.15, -0.1) is 0 Å². The van der Waals surface area contributed by atoms with Gasteiger partial charge in [-0.1, -0.05) is 12.1 Å². The van der Waals surface area contributed by atoms with Gasteiger partial charge in [0.25, 0.3) is 5.91 Å². The first kappa shape index (κ1) is 24.5. The molecule has 3 heterocycles. The van der Waals surface area contributed by atoms with Crippen LogP contribution in [0.3, 0.4) is 0 Å². The second-order valence-corrected chi connectivity index (χ2v) is 8.54. The quantitative estimate of drug-likeness (QED) is 0.485. The van der Waals surface area contributed by atoms with Crippen LogP contribution < -0.4 is 22.2 Å². The van der Waals surface area contributed by atoms with E-state index >= 15 is 0 Å². The molecule has 3 aromatic rings. The SMILES string of the molecule is CCn1c(N)c(C(N)=O)c(=O)c2cnc(Nc3ccc(C4CCN(CC(F)(F)F)CC4)cc3)nc21. The number of nitrogens with zero attached hydrogens (tertiary/aromatic N) is 4. The third kappa shape index (κ3) is 5.21. The zero-order chi connectivity index (χ0) is 25.3. The summed E-state index contributed by atoms with van der Waals surface area (Å²) in [5, 5.41) is 3.22. The Morgan fingerprint density at radius 2 is 1.86 bits per heavy atom. The Hall–Kier alpha value is -3.67. The van der Waals surface area contributed by atoms with Gasteiger partial charge >= 0.3 is 6.18 Å². The molecule has 2 aromatic heterocycles. The molecular formula is C23H26F3N7O2. The Bertz CT molecular complexity index is 1300. The maximum atomic E-state index is 12.7. The van der Waals surface area contributed by atoms with Gasteiger partial charge in [0.15, 0.2) is 5.65 Å². The van der Waals surface area contributed by atoms with Gasteiger partial charge in [0.05, 0.1) is 11.9 Å². The van der Waals surface area contributed by atoms with Gasteiger partial charge in [-0.2, -0.15) is 18.2 Å². The first-order valence-corrected chi connectivity index (χ1v) is 11.2. The van der Waals surface area contributed by atoms with Gasteiger partial charge in [0.1, 0.15) is 11.4 Å². The lowest BCUT2D eigenvalue weighted by molar-refractivity contribution is -0.147.